The molecule has 0 radical (unpaired) electrons. The molecule has 1 aliphatic rings. The number of rotatable bonds is 4. The van der Waals surface area contributed by atoms with E-state index in [1.165, 1.54) is 43.4 Å². The van der Waals surface area contributed by atoms with Crippen LogP contribution in [0.15, 0.2) is 196 Å². The fourth-order valence-electron chi connectivity index (χ4n) is 8.97. The number of para-hydroxylation sites is 1. The molecule has 0 amide bonds. The Kier molecular flexibility index (Phi) is 6.63. The zero-order valence-electron chi connectivity index (χ0n) is 30.1. The molecule has 0 fully saturated rings. The van der Waals surface area contributed by atoms with Crippen LogP contribution in [0, 0.1) is 0 Å². The molecular weight excluding hydrogens is 685 g/mol. The van der Waals surface area contributed by atoms with Gasteiger partial charge in [-0.1, -0.05) is 152 Å². The Morgan fingerprint density at radius 1 is 0.429 bits per heavy atom. The van der Waals surface area contributed by atoms with E-state index in [9.17, 15) is 0 Å². The Hall–Kier alpha value is -7.50. The van der Waals surface area contributed by atoms with Gasteiger partial charge in [0.05, 0.1) is 16.7 Å². The van der Waals surface area contributed by atoms with Crippen LogP contribution >= 0.6 is 0 Å². The zero-order chi connectivity index (χ0) is 36.7. The van der Waals surface area contributed by atoms with Crippen LogP contribution in [-0.2, 0) is 0 Å². The maximum absolute atomic E-state index is 6.31. The minimum absolute atomic E-state index is 0.500. The summed E-state index contributed by atoms with van der Waals surface area (Å²) in [5.41, 5.74) is 8.18. The lowest BCUT2D eigenvalue weighted by Crippen LogP contribution is -2.36. The van der Waals surface area contributed by atoms with Crippen molar-refractivity contribution in [1.82, 2.24) is 9.88 Å². The van der Waals surface area contributed by atoms with Gasteiger partial charge < -0.3 is 14.3 Å². The van der Waals surface area contributed by atoms with Crippen LogP contribution in [0.1, 0.15) is 22.9 Å². The molecule has 262 valence electrons. The third kappa shape index (κ3) is 4.55. The predicted octanol–water partition coefficient (Wildman–Crippen LogP) is 12.6. The minimum atomic E-state index is -0.500. The van der Waals surface area contributed by atoms with E-state index < -0.39 is 6.17 Å². The lowest BCUT2D eigenvalue weighted by atomic mass is 9.99. The van der Waals surface area contributed by atoms with E-state index in [0.717, 1.165) is 66.8 Å². The van der Waals surface area contributed by atoms with Crippen LogP contribution in [0.25, 0.3) is 81.7 Å². The monoisotopic (exact) mass is 716 g/mol. The first-order valence-electron chi connectivity index (χ1n) is 19.0. The van der Waals surface area contributed by atoms with Gasteiger partial charge in [-0.05, 0) is 57.3 Å². The number of aromatic nitrogens is 1. The van der Waals surface area contributed by atoms with Gasteiger partial charge in [0, 0.05) is 43.6 Å². The van der Waals surface area contributed by atoms with E-state index in [1.54, 1.807) is 0 Å². The molecule has 56 heavy (non-hydrogen) atoms. The molecule has 0 spiro atoms. The number of amidine groups is 2. The summed E-state index contributed by atoms with van der Waals surface area (Å²) in [7, 11) is 0. The van der Waals surface area contributed by atoms with E-state index in [-0.39, 0.29) is 0 Å². The maximum Gasteiger partial charge on any atom is 0.170 e. The van der Waals surface area contributed by atoms with Gasteiger partial charge in [0.15, 0.2) is 6.17 Å². The Labute approximate surface area is 321 Å². The third-order valence-corrected chi connectivity index (χ3v) is 11.4. The molecule has 5 nitrogen and oxygen atoms in total. The normalized spacial score (nSPS) is 14.6. The van der Waals surface area contributed by atoms with E-state index in [0.29, 0.717) is 0 Å². The Bertz CT molecular complexity index is 3370. The quantitative estimate of drug-likeness (QED) is 0.197. The number of hydrogen-bond donors (Lipinski definition) is 1. The molecule has 3 heterocycles. The van der Waals surface area contributed by atoms with Crippen molar-refractivity contribution in [3.8, 4) is 5.69 Å². The molecule has 1 N–H and O–H groups in total. The van der Waals surface area contributed by atoms with Crippen molar-refractivity contribution in [3.63, 3.8) is 0 Å². The fourth-order valence-corrected chi connectivity index (χ4v) is 8.97. The SMILES string of the molecule is c1ccc(C2=NC(c3ccc(-n4c5ccc6ccccc6c5c5c6ccccc6ccc54)c4ccccc34)N=C(c3cccc4oc5ccccc5c34)N2)cc1. The van der Waals surface area contributed by atoms with E-state index >= 15 is 0 Å². The van der Waals surface area contributed by atoms with Crippen molar-refractivity contribution >= 4 is 87.7 Å². The molecule has 0 saturated carbocycles. The summed E-state index contributed by atoms with van der Waals surface area (Å²) in [4.78, 5) is 10.7. The number of hydrogen-bond acceptors (Lipinski definition) is 4. The molecule has 0 bridgehead atoms. The number of furan rings is 1. The van der Waals surface area contributed by atoms with Crippen LogP contribution in [0.4, 0.5) is 0 Å². The molecule has 11 aromatic rings. The molecule has 2 aromatic heterocycles. The lowest BCUT2D eigenvalue weighted by molar-refractivity contribution is 0.669. The first kappa shape index (κ1) is 30.9. The lowest BCUT2D eigenvalue weighted by Gasteiger charge is -2.24. The first-order chi connectivity index (χ1) is 27.8. The molecule has 9 aromatic carbocycles. The average molecular weight is 717 g/mol. The summed E-state index contributed by atoms with van der Waals surface area (Å²) in [6, 6.07) is 64.4. The van der Waals surface area contributed by atoms with Gasteiger partial charge >= 0.3 is 0 Å². The van der Waals surface area contributed by atoms with Gasteiger partial charge in [0.2, 0.25) is 0 Å². The van der Waals surface area contributed by atoms with E-state index in [2.05, 4.69) is 149 Å². The summed E-state index contributed by atoms with van der Waals surface area (Å²) in [5, 5.41) is 15.5. The highest BCUT2D eigenvalue weighted by Gasteiger charge is 2.26. The van der Waals surface area contributed by atoms with Gasteiger partial charge in [-0.3, -0.25) is 0 Å². The van der Waals surface area contributed by atoms with Crippen LogP contribution in [0.5, 0.6) is 0 Å². The molecule has 1 unspecified atom stereocenters. The molecule has 0 saturated heterocycles. The second-order valence-electron chi connectivity index (χ2n) is 14.5. The standard InChI is InChI=1S/C51H32N4O/c1-2-15-33(16-3-1)49-52-50(54-51(53-49)40-22-12-24-45-46(40)39-21-10-11-23-44(39)56-45)38-27-30-41(37-20-9-8-19-36(37)38)55-42-28-25-31-13-4-6-17-34(31)47(42)48-35-18-7-5-14-32(35)26-29-43(48)55/h1-30,50H,(H,52,53,54). The van der Waals surface area contributed by atoms with Crippen molar-refractivity contribution in [3.05, 3.63) is 199 Å². The summed E-state index contributed by atoms with van der Waals surface area (Å²) in [6.45, 7) is 0. The Morgan fingerprint density at radius 2 is 1.02 bits per heavy atom. The second-order valence-corrected chi connectivity index (χ2v) is 14.5. The molecule has 1 aliphatic heterocycles. The highest BCUT2D eigenvalue weighted by Crippen LogP contribution is 2.43. The summed E-state index contributed by atoms with van der Waals surface area (Å²) < 4.78 is 8.76. The van der Waals surface area contributed by atoms with Gasteiger partial charge in [-0.2, -0.15) is 0 Å². The third-order valence-electron chi connectivity index (χ3n) is 11.4. The van der Waals surface area contributed by atoms with Crippen LogP contribution < -0.4 is 5.32 Å². The number of nitrogens with one attached hydrogen (secondary N) is 1. The van der Waals surface area contributed by atoms with Gasteiger partial charge in [-0.25, -0.2) is 9.98 Å². The topological polar surface area (TPSA) is 54.8 Å². The van der Waals surface area contributed by atoms with E-state index in [4.69, 9.17) is 14.4 Å². The highest BCUT2D eigenvalue weighted by molar-refractivity contribution is 6.29. The van der Waals surface area contributed by atoms with Crippen molar-refractivity contribution in [2.24, 2.45) is 9.98 Å². The largest absolute Gasteiger partial charge is 0.456 e. The number of nitrogens with zero attached hydrogens (tertiary/aromatic N) is 3. The van der Waals surface area contributed by atoms with Crippen molar-refractivity contribution in [2.45, 2.75) is 6.17 Å². The maximum atomic E-state index is 6.31. The molecular formula is C51H32N4O. The number of fused-ring (bicyclic) bond motifs is 11. The van der Waals surface area contributed by atoms with E-state index in [1.807, 2.05) is 42.5 Å². The van der Waals surface area contributed by atoms with Crippen molar-refractivity contribution in [1.29, 1.82) is 0 Å². The second kappa shape index (κ2) is 12.0. The highest BCUT2D eigenvalue weighted by atomic mass is 16.3. The molecule has 0 aliphatic carbocycles. The summed E-state index contributed by atoms with van der Waals surface area (Å²) in [6.07, 6.45) is -0.500. The van der Waals surface area contributed by atoms with Gasteiger partial charge in [0.1, 0.15) is 22.8 Å². The summed E-state index contributed by atoms with van der Waals surface area (Å²) >= 11 is 0. The summed E-state index contributed by atoms with van der Waals surface area (Å²) in [5.74, 6) is 1.54. The Balaban J connectivity index is 1.11. The van der Waals surface area contributed by atoms with Crippen molar-refractivity contribution < 1.29 is 4.42 Å². The minimum Gasteiger partial charge on any atom is -0.456 e. The number of aliphatic imine (C=N–C) groups is 2. The Morgan fingerprint density at radius 3 is 1.75 bits per heavy atom. The predicted molar refractivity (Wildman–Crippen MR) is 232 cm³/mol. The molecule has 5 heteroatoms. The first-order valence-corrected chi connectivity index (χ1v) is 19.0. The van der Waals surface area contributed by atoms with Crippen LogP contribution in [-0.4, -0.2) is 16.2 Å². The van der Waals surface area contributed by atoms with Gasteiger partial charge in [-0.15, -0.1) is 0 Å². The average Bonchev–Trinajstić information content (AvgIpc) is 3.83. The smallest absolute Gasteiger partial charge is 0.170 e. The van der Waals surface area contributed by atoms with Crippen LogP contribution in [0.3, 0.4) is 0 Å². The zero-order valence-corrected chi connectivity index (χ0v) is 30.1. The van der Waals surface area contributed by atoms with Crippen LogP contribution in [0.2, 0.25) is 0 Å². The molecule has 12 rings (SSSR count). The van der Waals surface area contributed by atoms with Crippen molar-refractivity contribution in [2.75, 3.05) is 0 Å². The number of benzene rings is 9. The molecule has 1 atom stereocenters. The fraction of sp³-hybridized carbons (Fsp3) is 0.0196. The van der Waals surface area contributed by atoms with Gasteiger partial charge in [0.25, 0.3) is 0 Å².